The topological polar surface area (TPSA) is 36.9 Å². The maximum absolute atomic E-state index is 5.14. The van der Waals surface area contributed by atoms with Crippen molar-refractivity contribution in [3.63, 3.8) is 0 Å². The molecule has 0 fully saturated rings. The Morgan fingerprint density at radius 3 is 1.93 bits per heavy atom. The minimum absolute atomic E-state index is 0.166. The predicted octanol–water partition coefficient (Wildman–Crippen LogP) is 3.15. The zero-order valence-corrected chi connectivity index (χ0v) is 10.6. The molecular formula is C7H7Cl3O4Si. The van der Waals surface area contributed by atoms with Crippen molar-refractivity contribution in [3.05, 3.63) is 35.9 Å². The van der Waals surface area contributed by atoms with Gasteiger partial charge in [0.05, 0.1) is 42.2 Å². The first-order valence-corrected chi connectivity index (χ1v) is 6.39. The van der Waals surface area contributed by atoms with E-state index in [1.807, 2.05) is 30.3 Å². The Bertz CT molecular complexity index is 275. The Labute approximate surface area is 104 Å². The summed E-state index contributed by atoms with van der Waals surface area (Å²) >= 11 is 15.3. The summed E-state index contributed by atoms with van der Waals surface area (Å²) in [5.74, 6) is 0. The monoisotopic (exact) mass is 288 g/mol. The van der Waals surface area contributed by atoms with Crippen molar-refractivity contribution in [1.82, 2.24) is 0 Å². The molecule has 84 valence electrons. The summed E-state index contributed by atoms with van der Waals surface area (Å²) in [6, 6.07) is 9.27. The Kier molecular flexibility index (Phi) is 5.88. The molecule has 0 saturated carbocycles. The van der Waals surface area contributed by atoms with Crippen LogP contribution in [0.2, 0.25) is 0 Å². The second-order valence-corrected chi connectivity index (χ2v) is 5.65. The van der Waals surface area contributed by atoms with E-state index in [-0.39, 0.29) is 6.61 Å². The normalized spacial score (nSPS) is 11.7. The number of hydrogen-bond acceptors (Lipinski definition) is 4. The summed E-state index contributed by atoms with van der Waals surface area (Å²) in [5.41, 5.74) is 0.880. The highest BCUT2D eigenvalue weighted by molar-refractivity contribution is 6.65. The van der Waals surface area contributed by atoms with E-state index in [1.165, 1.54) is 0 Å². The van der Waals surface area contributed by atoms with Gasteiger partial charge in [0, 0.05) is 0 Å². The predicted molar refractivity (Wildman–Crippen MR) is 57.8 cm³/mol. The van der Waals surface area contributed by atoms with Gasteiger partial charge in [-0.3, -0.25) is 0 Å². The van der Waals surface area contributed by atoms with E-state index in [2.05, 4.69) is 11.9 Å². The molecule has 4 nitrogen and oxygen atoms in total. The van der Waals surface area contributed by atoms with E-state index in [0.717, 1.165) is 5.56 Å². The van der Waals surface area contributed by atoms with E-state index in [1.54, 1.807) is 0 Å². The summed E-state index contributed by atoms with van der Waals surface area (Å²) < 4.78 is 18.2. The fraction of sp³-hybridized carbons (Fsp3) is 0.143. The minimum Gasteiger partial charge on any atom is -0.344 e. The molecule has 0 aromatic heterocycles. The van der Waals surface area contributed by atoms with Crippen LogP contribution in [0.3, 0.4) is 0 Å². The molecule has 0 heterocycles. The minimum atomic E-state index is -3.60. The van der Waals surface area contributed by atoms with Gasteiger partial charge in [0.2, 0.25) is 0 Å². The van der Waals surface area contributed by atoms with Crippen molar-refractivity contribution in [2.75, 3.05) is 0 Å². The van der Waals surface area contributed by atoms with Crippen LogP contribution in [0, 0.1) is 0 Å². The lowest BCUT2D eigenvalue weighted by Crippen LogP contribution is -2.41. The molecule has 0 amide bonds. The summed E-state index contributed by atoms with van der Waals surface area (Å²) in [6.45, 7) is 0.166. The van der Waals surface area contributed by atoms with Gasteiger partial charge in [0.1, 0.15) is 0 Å². The molecule has 0 spiro atoms. The van der Waals surface area contributed by atoms with Crippen molar-refractivity contribution < 1.29 is 16.4 Å². The molecule has 0 N–H and O–H groups in total. The average molecular weight is 290 g/mol. The van der Waals surface area contributed by atoms with E-state index in [0.29, 0.717) is 0 Å². The first kappa shape index (κ1) is 13.2. The summed E-state index contributed by atoms with van der Waals surface area (Å²) in [7, 11) is -3.60. The lowest BCUT2D eigenvalue weighted by molar-refractivity contribution is 0.0965. The van der Waals surface area contributed by atoms with Crippen molar-refractivity contribution in [1.29, 1.82) is 0 Å². The molecule has 0 saturated heterocycles. The van der Waals surface area contributed by atoms with Crippen molar-refractivity contribution >= 4 is 44.6 Å². The van der Waals surface area contributed by atoms with Gasteiger partial charge in [-0.15, -0.1) is 0 Å². The van der Waals surface area contributed by atoms with Crippen molar-refractivity contribution in [2.24, 2.45) is 0 Å². The van der Waals surface area contributed by atoms with Crippen LogP contribution in [0.5, 0.6) is 0 Å². The van der Waals surface area contributed by atoms with Gasteiger partial charge >= 0.3 is 9.05 Å². The molecule has 0 aliphatic carbocycles. The third-order valence-corrected chi connectivity index (χ3v) is 4.31. The van der Waals surface area contributed by atoms with E-state index >= 15 is 0 Å². The van der Waals surface area contributed by atoms with Crippen LogP contribution in [0.4, 0.5) is 0 Å². The molecule has 0 aliphatic heterocycles. The van der Waals surface area contributed by atoms with Gasteiger partial charge in [-0.1, -0.05) is 30.3 Å². The lowest BCUT2D eigenvalue weighted by atomic mass is 10.2. The fourth-order valence-electron chi connectivity index (χ4n) is 0.848. The van der Waals surface area contributed by atoms with Crippen LogP contribution in [-0.4, -0.2) is 9.05 Å². The highest BCUT2D eigenvalue weighted by Gasteiger charge is 2.48. The maximum atomic E-state index is 5.14. The first-order valence-electron chi connectivity index (χ1n) is 3.83. The highest BCUT2D eigenvalue weighted by atomic mass is 35.5. The highest BCUT2D eigenvalue weighted by Crippen LogP contribution is 2.19. The van der Waals surface area contributed by atoms with E-state index < -0.39 is 9.05 Å². The van der Waals surface area contributed by atoms with Gasteiger partial charge < -0.3 is 4.43 Å². The second-order valence-electron chi connectivity index (χ2n) is 2.51. The molecule has 1 aromatic carbocycles. The Morgan fingerprint density at radius 1 is 0.933 bits per heavy atom. The van der Waals surface area contributed by atoms with Crippen LogP contribution in [0.15, 0.2) is 30.3 Å². The van der Waals surface area contributed by atoms with E-state index in [9.17, 15) is 0 Å². The van der Waals surface area contributed by atoms with Crippen LogP contribution in [-0.2, 0) is 23.0 Å². The van der Waals surface area contributed by atoms with Crippen molar-refractivity contribution in [3.8, 4) is 0 Å². The Balaban J connectivity index is 2.54. The SMILES string of the molecule is ClO[Si](OCl)(OCl)OCc1ccccc1. The second kappa shape index (κ2) is 6.67. The zero-order chi connectivity index (χ0) is 11.1. The van der Waals surface area contributed by atoms with Gasteiger partial charge in [0.25, 0.3) is 0 Å². The molecule has 15 heavy (non-hydrogen) atoms. The molecule has 8 heteroatoms. The zero-order valence-electron chi connectivity index (χ0n) is 7.36. The molecule has 1 aromatic rings. The number of rotatable bonds is 6. The third kappa shape index (κ3) is 3.90. The number of hydrogen-bond donors (Lipinski definition) is 0. The quantitative estimate of drug-likeness (QED) is 0.754. The Morgan fingerprint density at radius 2 is 1.47 bits per heavy atom. The maximum Gasteiger partial charge on any atom is 0.730 e. The van der Waals surface area contributed by atoms with Gasteiger partial charge in [-0.05, 0) is 5.56 Å². The molecule has 0 radical (unpaired) electrons. The van der Waals surface area contributed by atoms with Gasteiger partial charge in [-0.2, -0.15) is 0 Å². The Hall–Kier alpha value is 0.147. The van der Waals surface area contributed by atoms with Crippen LogP contribution < -0.4 is 0 Å². The summed E-state index contributed by atoms with van der Waals surface area (Å²) in [4.78, 5) is 0. The molecular weight excluding hydrogens is 283 g/mol. The summed E-state index contributed by atoms with van der Waals surface area (Å²) in [6.07, 6.45) is 0. The average Bonchev–Trinajstić information content (AvgIpc) is 2.33. The van der Waals surface area contributed by atoms with Crippen LogP contribution in [0.1, 0.15) is 5.56 Å². The smallest absolute Gasteiger partial charge is 0.344 e. The first-order chi connectivity index (χ1) is 7.26. The van der Waals surface area contributed by atoms with Gasteiger partial charge in [-0.25, -0.2) is 11.9 Å². The number of halogens is 3. The van der Waals surface area contributed by atoms with Crippen molar-refractivity contribution in [2.45, 2.75) is 6.61 Å². The standard InChI is InChI=1S/C7H7Cl3O4Si/c8-12-15(13-9,14-10)11-6-7-4-2-1-3-5-7/h1-5H,6H2. The lowest BCUT2D eigenvalue weighted by Gasteiger charge is -2.17. The fourth-order valence-corrected chi connectivity index (χ4v) is 2.66. The molecule has 1 rings (SSSR count). The van der Waals surface area contributed by atoms with E-state index in [4.69, 9.17) is 40.0 Å². The molecule has 0 aliphatic rings. The van der Waals surface area contributed by atoms with Crippen LogP contribution in [0.25, 0.3) is 0 Å². The molecule has 0 atom stereocenters. The number of benzene rings is 1. The van der Waals surface area contributed by atoms with Crippen LogP contribution >= 0.6 is 35.6 Å². The summed E-state index contributed by atoms with van der Waals surface area (Å²) in [5, 5.41) is 0. The largest absolute Gasteiger partial charge is 0.730 e. The van der Waals surface area contributed by atoms with Gasteiger partial charge in [0.15, 0.2) is 0 Å². The molecule has 0 unspecified atom stereocenters. The molecule has 0 bridgehead atoms. The third-order valence-electron chi connectivity index (χ3n) is 1.54.